The van der Waals surface area contributed by atoms with Crippen LogP contribution >= 0.6 is 0 Å². The molecule has 9 nitrogen and oxygen atoms in total. The van der Waals surface area contributed by atoms with Gasteiger partial charge in [-0.05, 0) is 42.9 Å². The Bertz CT molecular complexity index is 1530. The molecule has 0 radical (unpaired) electrons. The van der Waals surface area contributed by atoms with Crippen molar-refractivity contribution in [3.05, 3.63) is 102 Å². The van der Waals surface area contributed by atoms with Gasteiger partial charge in [-0.2, -0.15) is 0 Å². The first-order valence-corrected chi connectivity index (χ1v) is 15.2. The van der Waals surface area contributed by atoms with Crippen LogP contribution < -0.4 is 10.1 Å². The van der Waals surface area contributed by atoms with Crippen molar-refractivity contribution in [2.75, 3.05) is 20.3 Å². The number of nitrogens with zero attached hydrogens (tertiary/aromatic N) is 1. The number of ether oxygens (including phenoxy) is 3. The number of aliphatic carboxylic acids is 1. The normalized spacial score (nSPS) is 21.0. The number of methoxy groups -OCH3 is 1. The molecule has 2 amide bonds. The van der Waals surface area contributed by atoms with Gasteiger partial charge in [-0.15, -0.1) is 6.58 Å². The molecule has 3 aromatic carbocycles. The smallest absolute Gasteiger partial charge is 0.410 e. The number of carbonyl (C=O) groups excluding carboxylic acids is 2. The number of carboxylic acids is 1. The van der Waals surface area contributed by atoms with Crippen LogP contribution in [-0.4, -0.2) is 65.9 Å². The molecule has 4 atom stereocenters. The molecule has 0 aromatic heterocycles. The highest BCUT2D eigenvalue weighted by atomic mass is 19.1. The fraction of sp³-hybridized carbons (Fsp3) is 0.361. The Morgan fingerprint density at radius 3 is 2.48 bits per heavy atom. The second-order valence-electron chi connectivity index (χ2n) is 11.7. The third-order valence-corrected chi connectivity index (χ3v) is 8.29. The van der Waals surface area contributed by atoms with E-state index in [0.29, 0.717) is 28.9 Å². The molecule has 2 aliphatic heterocycles. The van der Waals surface area contributed by atoms with Crippen LogP contribution in [0.2, 0.25) is 0 Å². The summed E-state index contributed by atoms with van der Waals surface area (Å²) in [6, 6.07) is 21.1. The molecule has 1 spiro atoms. The monoisotopic (exact) mass is 632 g/mol. The summed E-state index contributed by atoms with van der Waals surface area (Å²) in [6.07, 6.45) is 1.95. The maximum absolute atomic E-state index is 16.0. The van der Waals surface area contributed by atoms with Crippen LogP contribution in [0.4, 0.5) is 9.18 Å². The highest BCUT2D eigenvalue weighted by molar-refractivity contribution is 5.80. The summed E-state index contributed by atoms with van der Waals surface area (Å²) < 4.78 is 32.8. The van der Waals surface area contributed by atoms with E-state index in [0.717, 1.165) is 5.56 Å². The number of halogens is 1. The molecule has 0 bridgehead atoms. The molecule has 2 aliphatic rings. The fourth-order valence-corrected chi connectivity index (χ4v) is 6.07. The quantitative estimate of drug-likeness (QED) is 0.278. The number of amides is 2. The Morgan fingerprint density at radius 1 is 1.13 bits per heavy atom. The van der Waals surface area contributed by atoms with E-state index < -0.39 is 29.5 Å². The van der Waals surface area contributed by atoms with E-state index in [9.17, 15) is 14.4 Å². The summed E-state index contributed by atoms with van der Waals surface area (Å²) in [6.45, 7) is 7.48. The summed E-state index contributed by atoms with van der Waals surface area (Å²) in [5.74, 6) is -0.762. The number of nitrogens with one attached hydrogen (secondary N) is 1. The van der Waals surface area contributed by atoms with Crippen molar-refractivity contribution < 1.29 is 38.1 Å². The number of rotatable bonds is 9. The van der Waals surface area contributed by atoms with Crippen LogP contribution in [0, 0.1) is 11.7 Å². The molecule has 2 fully saturated rings. The SMILES string of the molecule is C=CC(C)CC(=O)O.COc1ccccc1-c1cccc(CC2N(C(=O)OCc3ccccc3)C(C)CC23COCC(=O)N3)c1F. The van der Waals surface area contributed by atoms with Crippen molar-refractivity contribution in [1.82, 2.24) is 10.2 Å². The highest BCUT2D eigenvalue weighted by Gasteiger charge is 2.55. The average Bonchev–Trinajstić information content (AvgIpc) is 3.30. The average molecular weight is 633 g/mol. The Balaban J connectivity index is 0.000000533. The van der Waals surface area contributed by atoms with E-state index in [-0.39, 0.29) is 50.5 Å². The molecule has 2 N–H and O–H groups in total. The molecular formula is C36H41FN2O7. The lowest BCUT2D eigenvalue weighted by Crippen LogP contribution is -2.64. The summed E-state index contributed by atoms with van der Waals surface area (Å²) in [4.78, 5) is 37.4. The van der Waals surface area contributed by atoms with Crippen LogP contribution in [0.5, 0.6) is 5.75 Å². The Hall–Kier alpha value is -4.70. The number of likely N-dealkylation sites (tertiary alicyclic amines) is 1. The van der Waals surface area contributed by atoms with Gasteiger partial charge in [0.15, 0.2) is 0 Å². The lowest BCUT2D eigenvalue weighted by atomic mass is 9.84. The number of carboxylic acid groups (broad SMARTS) is 1. The van der Waals surface area contributed by atoms with Gasteiger partial charge in [0, 0.05) is 17.2 Å². The Morgan fingerprint density at radius 2 is 1.83 bits per heavy atom. The van der Waals surface area contributed by atoms with Gasteiger partial charge in [0.1, 0.15) is 24.8 Å². The lowest BCUT2D eigenvalue weighted by Gasteiger charge is -2.41. The zero-order valence-corrected chi connectivity index (χ0v) is 26.4. The zero-order chi connectivity index (χ0) is 33.3. The molecule has 5 rings (SSSR count). The molecule has 4 unspecified atom stereocenters. The van der Waals surface area contributed by atoms with E-state index in [2.05, 4.69) is 11.9 Å². The molecule has 0 aliphatic carbocycles. The van der Waals surface area contributed by atoms with Crippen LogP contribution in [0.1, 0.15) is 37.8 Å². The van der Waals surface area contributed by atoms with E-state index in [1.54, 1.807) is 42.4 Å². The number of morpholine rings is 1. The van der Waals surface area contributed by atoms with Gasteiger partial charge in [0.25, 0.3) is 0 Å². The largest absolute Gasteiger partial charge is 0.496 e. The van der Waals surface area contributed by atoms with E-state index in [1.807, 2.05) is 62.4 Å². The third-order valence-electron chi connectivity index (χ3n) is 8.29. The lowest BCUT2D eigenvalue weighted by molar-refractivity contribution is -0.138. The Kier molecular flexibility index (Phi) is 11.5. The molecule has 0 saturated carbocycles. The second kappa shape index (κ2) is 15.5. The van der Waals surface area contributed by atoms with Crippen LogP contribution in [-0.2, 0) is 32.1 Å². The van der Waals surface area contributed by atoms with Crippen molar-refractivity contribution in [3.63, 3.8) is 0 Å². The Labute approximate surface area is 269 Å². The first-order chi connectivity index (χ1) is 22.1. The molecule has 2 heterocycles. The number of allylic oxidation sites excluding steroid dienone is 1. The summed E-state index contributed by atoms with van der Waals surface area (Å²) in [5, 5.41) is 11.2. The summed E-state index contributed by atoms with van der Waals surface area (Å²) in [5.41, 5.74) is 1.48. The fourth-order valence-electron chi connectivity index (χ4n) is 6.07. The number of benzene rings is 3. The maximum atomic E-state index is 16.0. The van der Waals surface area contributed by atoms with Crippen LogP contribution in [0.15, 0.2) is 85.5 Å². The standard InChI is InChI=1S/C30H31FN2O5.C6H10O2/c1-20-16-30(19-37-18-27(34)32-30)26(33(20)29(35)38-17-21-9-4-3-5-10-21)15-22-11-8-13-24(28(22)31)23-12-6-7-14-25(23)36-2;1-3-5(2)4-6(7)8/h3-14,20,26H,15-19H2,1-2H3,(H,32,34);3,5H,1,4H2,2H3,(H,7,8). The van der Waals surface area contributed by atoms with Gasteiger partial charge < -0.3 is 24.6 Å². The van der Waals surface area contributed by atoms with Crippen LogP contribution in [0.3, 0.4) is 0 Å². The van der Waals surface area contributed by atoms with Crippen molar-refractivity contribution in [1.29, 1.82) is 0 Å². The van der Waals surface area contributed by atoms with Gasteiger partial charge in [-0.25, -0.2) is 9.18 Å². The van der Waals surface area contributed by atoms with Gasteiger partial charge in [0.2, 0.25) is 5.91 Å². The molecular weight excluding hydrogens is 591 g/mol. The minimum atomic E-state index is -0.854. The van der Waals surface area contributed by atoms with Gasteiger partial charge >= 0.3 is 12.1 Å². The van der Waals surface area contributed by atoms with E-state index >= 15 is 4.39 Å². The van der Waals surface area contributed by atoms with Crippen molar-refractivity contribution in [2.45, 2.75) is 57.3 Å². The third kappa shape index (κ3) is 8.11. The predicted molar refractivity (Wildman–Crippen MR) is 172 cm³/mol. The predicted octanol–water partition coefficient (Wildman–Crippen LogP) is 6.01. The van der Waals surface area contributed by atoms with E-state index in [1.165, 1.54) is 0 Å². The van der Waals surface area contributed by atoms with Crippen molar-refractivity contribution in [3.8, 4) is 16.9 Å². The van der Waals surface area contributed by atoms with Crippen molar-refractivity contribution in [2.24, 2.45) is 5.92 Å². The molecule has 3 aromatic rings. The topological polar surface area (TPSA) is 114 Å². The van der Waals surface area contributed by atoms with Gasteiger partial charge in [-0.1, -0.05) is 79.7 Å². The first kappa shape index (κ1) is 34.2. The number of para-hydroxylation sites is 1. The number of hydrogen-bond acceptors (Lipinski definition) is 6. The first-order valence-electron chi connectivity index (χ1n) is 15.2. The number of carbonyl (C=O) groups is 3. The maximum Gasteiger partial charge on any atom is 0.410 e. The summed E-state index contributed by atoms with van der Waals surface area (Å²) in [7, 11) is 1.55. The van der Waals surface area contributed by atoms with E-state index in [4.69, 9.17) is 19.3 Å². The molecule has 46 heavy (non-hydrogen) atoms. The summed E-state index contributed by atoms with van der Waals surface area (Å²) >= 11 is 0. The van der Waals surface area contributed by atoms with Gasteiger partial charge in [-0.3, -0.25) is 14.5 Å². The van der Waals surface area contributed by atoms with Gasteiger partial charge in [0.05, 0.1) is 31.7 Å². The number of hydrogen-bond donors (Lipinski definition) is 2. The minimum Gasteiger partial charge on any atom is -0.496 e. The highest BCUT2D eigenvalue weighted by Crippen LogP contribution is 2.39. The molecule has 244 valence electrons. The molecule has 2 saturated heterocycles. The van der Waals surface area contributed by atoms with Crippen molar-refractivity contribution >= 4 is 18.0 Å². The van der Waals surface area contributed by atoms with Crippen LogP contribution in [0.25, 0.3) is 11.1 Å². The molecule has 10 heteroatoms. The zero-order valence-electron chi connectivity index (χ0n) is 26.4. The second-order valence-corrected chi connectivity index (χ2v) is 11.7. The minimum absolute atomic E-state index is 0.0427.